The lowest BCUT2D eigenvalue weighted by atomic mass is 10.3. The van der Waals surface area contributed by atoms with E-state index in [2.05, 4.69) is 15.0 Å². The Morgan fingerprint density at radius 1 is 1.15 bits per heavy atom. The lowest BCUT2D eigenvalue weighted by Gasteiger charge is -2.33. The summed E-state index contributed by atoms with van der Waals surface area (Å²) in [5.74, 6) is 0.268. The highest BCUT2D eigenvalue weighted by molar-refractivity contribution is 7.89. The molecule has 0 amide bonds. The van der Waals surface area contributed by atoms with Crippen molar-refractivity contribution in [3.8, 4) is 0 Å². The van der Waals surface area contributed by atoms with E-state index in [4.69, 9.17) is 0 Å². The number of imidazole rings is 1. The predicted octanol–water partition coefficient (Wildman–Crippen LogP) is 1.66. The van der Waals surface area contributed by atoms with Gasteiger partial charge in [0.15, 0.2) is 0 Å². The predicted molar refractivity (Wildman–Crippen MR) is 93.6 cm³/mol. The van der Waals surface area contributed by atoms with Crippen LogP contribution in [0.25, 0.3) is 11.0 Å². The molecule has 1 aliphatic rings. The molecule has 144 valence electrons. The Bertz CT molecular complexity index is 1040. The monoisotopic (exact) mass is 396 g/mol. The lowest BCUT2D eigenvalue weighted by molar-refractivity contribution is 0.0626. The van der Waals surface area contributed by atoms with Gasteiger partial charge in [0.1, 0.15) is 16.4 Å². The zero-order valence-corrected chi connectivity index (χ0v) is 15.1. The van der Waals surface area contributed by atoms with Gasteiger partial charge in [-0.2, -0.15) is 13.1 Å². The maximum absolute atomic E-state index is 13.0. The molecule has 0 unspecified atom stereocenters. The standard InChI is InChI=1S/C16H18F2N6O2S/c17-16(18)24-5-4-19-14(24)11-22-6-8-23(9-7-22)27(25,26)13-10-21-15-12(13)2-1-3-20-15/h1-5,10,16H,6-9,11H2,(H,20,21). The lowest BCUT2D eigenvalue weighted by Crippen LogP contribution is -2.48. The highest BCUT2D eigenvalue weighted by Crippen LogP contribution is 2.25. The summed E-state index contributed by atoms with van der Waals surface area (Å²) >= 11 is 0. The number of sulfonamides is 1. The number of piperazine rings is 1. The summed E-state index contributed by atoms with van der Waals surface area (Å²) in [5.41, 5.74) is 0.522. The van der Waals surface area contributed by atoms with Crippen LogP contribution in [0.2, 0.25) is 0 Å². The molecule has 0 spiro atoms. The van der Waals surface area contributed by atoms with Gasteiger partial charge in [-0.05, 0) is 12.1 Å². The summed E-state index contributed by atoms with van der Waals surface area (Å²) in [5, 5.41) is 0.555. The van der Waals surface area contributed by atoms with Gasteiger partial charge < -0.3 is 4.98 Å². The highest BCUT2D eigenvalue weighted by atomic mass is 32.2. The Balaban J connectivity index is 1.46. The Morgan fingerprint density at radius 2 is 1.93 bits per heavy atom. The van der Waals surface area contributed by atoms with Gasteiger partial charge in [-0.1, -0.05) is 0 Å². The van der Waals surface area contributed by atoms with E-state index in [1.807, 2.05) is 4.90 Å². The smallest absolute Gasteiger partial charge is 0.319 e. The van der Waals surface area contributed by atoms with Crippen LogP contribution in [-0.4, -0.2) is 63.3 Å². The van der Waals surface area contributed by atoms with Crippen LogP contribution >= 0.6 is 0 Å². The zero-order chi connectivity index (χ0) is 19.0. The SMILES string of the molecule is O=S(=O)(c1c[nH]c2ncccc12)N1CCN(Cc2nccn2C(F)F)CC1. The molecule has 3 aromatic heterocycles. The van der Waals surface area contributed by atoms with Crippen LogP contribution in [0.1, 0.15) is 12.4 Å². The van der Waals surface area contributed by atoms with E-state index in [1.54, 1.807) is 18.3 Å². The van der Waals surface area contributed by atoms with Crippen LogP contribution in [0.3, 0.4) is 0 Å². The molecular weight excluding hydrogens is 378 g/mol. The number of nitrogens with zero attached hydrogens (tertiary/aromatic N) is 5. The molecule has 1 N–H and O–H groups in total. The van der Waals surface area contributed by atoms with Crippen LogP contribution in [0.4, 0.5) is 8.78 Å². The number of rotatable bonds is 5. The van der Waals surface area contributed by atoms with Gasteiger partial charge in [0.05, 0.1) is 6.54 Å². The molecule has 3 aromatic rings. The third-order valence-corrected chi connectivity index (χ3v) is 6.62. The average Bonchev–Trinajstić information content (AvgIpc) is 3.29. The minimum absolute atomic E-state index is 0.201. The van der Waals surface area contributed by atoms with Crippen LogP contribution in [0.15, 0.2) is 41.8 Å². The summed E-state index contributed by atoms with van der Waals surface area (Å²) < 4.78 is 54.0. The first kappa shape index (κ1) is 18.0. The average molecular weight is 396 g/mol. The van der Waals surface area contributed by atoms with Gasteiger partial charge >= 0.3 is 6.55 Å². The number of aromatic nitrogens is 4. The molecule has 0 aliphatic carbocycles. The number of pyridine rings is 1. The molecule has 1 aliphatic heterocycles. The van der Waals surface area contributed by atoms with Gasteiger partial charge in [-0.25, -0.2) is 18.4 Å². The molecule has 0 aromatic carbocycles. The molecule has 1 fully saturated rings. The van der Waals surface area contributed by atoms with Crippen molar-refractivity contribution in [2.24, 2.45) is 0 Å². The summed E-state index contributed by atoms with van der Waals surface area (Å²) in [6, 6.07) is 3.41. The van der Waals surface area contributed by atoms with Gasteiger partial charge in [0.2, 0.25) is 10.0 Å². The van der Waals surface area contributed by atoms with E-state index in [9.17, 15) is 17.2 Å². The maximum atomic E-state index is 13.0. The first-order valence-electron chi connectivity index (χ1n) is 8.41. The minimum atomic E-state index is -3.66. The van der Waals surface area contributed by atoms with Crippen molar-refractivity contribution in [1.29, 1.82) is 0 Å². The number of alkyl halides is 2. The van der Waals surface area contributed by atoms with Crippen molar-refractivity contribution < 1.29 is 17.2 Å². The number of fused-ring (bicyclic) bond motifs is 1. The van der Waals surface area contributed by atoms with Crippen molar-refractivity contribution in [3.05, 3.63) is 42.7 Å². The van der Waals surface area contributed by atoms with Crippen molar-refractivity contribution in [2.75, 3.05) is 26.2 Å². The van der Waals surface area contributed by atoms with E-state index >= 15 is 0 Å². The topological polar surface area (TPSA) is 87.1 Å². The number of aromatic amines is 1. The van der Waals surface area contributed by atoms with Crippen molar-refractivity contribution >= 4 is 21.1 Å². The molecule has 27 heavy (non-hydrogen) atoms. The van der Waals surface area contributed by atoms with E-state index in [0.29, 0.717) is 24.1 Å². The first-order chi connectivity index (χ1) is 13.0. The van der Waals surface area contributed by atoms with Crippen LogP contribution in [0, 0.1) is 0 Å². The Hall–Kier alpha value is -2.37. The third kappa shape index (κ3) is 3.33. The normalized spacial score (nSPS) is 17.1. The van der Waals surface area contributed by atoms with E-state index in [1.165, 1.54) is 22.9 Å². The van der Waals surface area contributed by atoms with Crippen LogP contribution in [-0.2, 0) is 16.6 Å². The molecule has 0 atom stereocenters. The molecule has 1 saturated heterocycles. The summed E-state index contributed by atoms with van der Waals surface area (Å²) in [4.78, 5) is 13.1. The van der Waals surface area contributed by atoms with E-state index in [0.717, 1.165) is 4.57 Å². The van der Waals surface area contributed by atoms with E-state index < -0.39 is 16.6 Å². The molecule has 0 bridgehead atoms. The van der Waals surface area contributed by atoms with E-state index in [-0.39, 0.29) is 30.4 Å². The second-order valence-corrected chi connectivity index (χ2v) is 8.17. The molecule has 4 heterocycles. The zero-order valence-electron chi connectivity index (χ0n) is 14.3. The third-order valence-electron chi connectivity index (χ3n) is 4.69. The Labute approximate surface area is 154 Å². The van der Waals surface area contributed by atoms with Crippen LogP contribution < -0.4 is 0 Å². The summed E-state index contributed by atoms with van der Waals surface area (Å²) in [6.45, 7) is -0.941. The maximum Gasteiger partial charge on any atom is 0.319 e. The van der Waals surface area contributed by atoms with Crippen LogP contribution in [0.5, 0.6) is 0 Å². The summed E-state index contributed by atoms with van der Waals surface area (Å²) in [7, 11) is -3.66. The fraction of sp³-hybridized carbons (Fsp3) is 0.375. The number of hydrogen-bond donors (Lipinski definition) is 1. The molecule has 0 radical (unpaired) electrons. The fourth-order valence-corrected chi connectivity index (χ4v) is 4.83. The Kier molecular flexibility index (Phi) is 4.66. The summed E-state index contributed by atoms with van der Waals surface area (Å²) in [6.07, 6.45) is 5.63. The highest BCUT2D eigenvalue weighted by Gasteiger charge is 2.31. The Morgan fingerprint density at radius 3 is 2.67 bits per heavy atom. The minimum Gasteiger partial charge on any atom is -0.345 e. The number of nitrogens with one attached hydrogen (secondary N) is 1. The molecular formula is C16H18F2N6O2S. The first-order valence-corrected chi connectivity index (χ1v) is 9.85. The van der Waals surface area contributed by atoms with Gasteiger partial charge in [-0.15, -0.1) is 0 Å². The molecule has 11 heteroatoms. The number of hydrogen-bond acceptors (Lipinski definition) is 5. The van der Waals surface area contributed by atoms with Gasteiger partial charge in [0, 0.05) is 56.4 Å². The number of halogens is 2. The van der Waals surface area contributed by atoms with Crippen molar-refractivity contribution in [1.82, 2.24) is 28.7 Å². The second kappa shape index (κ2) is 6.98. The van der Waals surface area contributed by atoms with Crippen molar-refractivity contribution in [2.45, 2.75) is 18.0 Å². The largest absolute Gasteiger partial charge is 0.345 e. The van der Waals surface area contributed by atoms with Crippen molar-refractivity contribution in [3.63, 3.8) is 0 Å². The molecule has 0 saturated carbocycles. The molecule has 8 nitrogen and oxygen atoms in total. The molecule has 4 rings (SSSR count). The second-order valence-electron chi connectivity index (χ2n) is 6.26. The quantitative estimate of drug-likeness (QED) is 0.709. The number of H-pyrrole nitrogens is 1. The fourth-order valence-electron chi connectivity index (χ4n) is 3.26. The van der Waals surface area contributed by atoms with Gasteiger partial charge in [0.25, 0.3) is 0 Å². The van der Waals surface area contributed by atoms with Gasteiger partial charge in [-0.3, -0.25) is 9.47 Å².